The van der Waals surface area contributed by atoms with Crippen LogP contribution in [-0.4, -0.2) is 42.9 Å². The van der Waals surface area contributed by atoms with Crippen LogP contribution in [0.15, 0.2) is 54.6 Å². The minimum atomic E-state index is 0.707. The summed E-state index contributed by atoms with van der Waals surface area (Å²) in [6.07, 6.45) is 0.971. The standard InChI is InChI=1S/C21H27N3OS/c26-21(22-11-10-18-4-2-1-3-5-18)23-16-19-6-8-20(9-7-19)17-24-12-14-25-15-13-24/h1-9H,10-17H2,(H2,22,23,26). The predicted molar refractivity (Wildman–Crippen MR) is 110 cm³/mol. The molecule has 26 heavy (non-hydrogen) atoms. The highest BCUT2D eigenvalue weighted by Gasteiger charge is 2.10. The first kappa shape index (κ1) is 18.8. The van der Waals surface area contributed by atoms with Crippen LogP contribution in [0.2, 0.25) is 0 Å². The lowest BCUT2D eigenvalue weighted by atomic mass is 10.1. The van der Waals surface area contributed by atoms with E-state index in [2.05, 4.69) is 64.1 Å². The minimum Gasteiger partial charge on any atom is -0.379 e. The molecule has 0 amide bonds. The largest absolute Gasteiger partial charge is 0.379 e. The van der Waals surface area contributed by atoms with E-state index >= 15 is 0 Å². The predicted octanol–water partition coefficient (Wildman–Crippen LogP) is 2.73. The summed E-state index contributed by atoms with van der Waals surface area (Å²) in [5.74, 6) is 0. The van der Waals surface area contributed by atoms with Gasteiger partial charge in [-0.15, -0.1) is 0 Å². The topological polar surface area (TPSA) is 36.5 Å². The number of benzene rings is 2. The van der Waals surface area contributed by atoms with E-state index in [0.717, 1.165) is 52.4 Å². The first-order valence-corrected chi connectivity index (χ1v) is 9.64. The zero-order valence-corrected chi connectivity index (χ0v) is 15.9. The third-order valence-corrected chi connectivity index (χ3v) is 4.82. The lowest BCUT2D eigenvalue weighted by molar-refractivity contribution is 0.0342. The highest BCUT2D eigenvalue weighted by molar-refractivity contribution is 7.80. The van der Waals surface area contributed by atoms with Crippen LogP contribution in [0.1, 0.15) is 16.7 Å². The summed E-state index contributed by atoms with van der Waals surface area (Å²) < 4.78 is 5.40. The molecular formula is C21H27N3OS. The quantitative estimate of drug-likeness (QED) is 0.734. The molecule has 2 aromatic carbocycles. The summed E-state index contributed by atoms with van der Waals surface area (Å²) in [5, 5.41) is 7.25. The normalized spacial score (nSPS) is 14.8. The van der Waals surface area contributed by atoms with Crippen molar-refractivity contribution < 1.29 is 4.74 Å². The van der Waals surface area contributed by atoms with E-state index < -0.39 is 0 Å². The Labute approximate surface area is 161 Å². The highest BCUT2D eigenvalue weighted by Crippen LogP contribution is 2.09. The number of rotatable bonds is 7. The van der Waals surface area contributed by atoms with E-state index in [1.54, 1.807) is 0 Å². The zero-order valence-electron chi connectivity index (χ0n) is 15.1. The molecule has 0 unspecified atom stereocenters. The molecule has 2 aromatic rings. The number of ether oxygens (including phenoxy) is 1. The third-order valence-electron chi connectivity index (χ3n) is 4.53. The van der Waals surface area contributed by atoms with Gasteiger partial charge in [0.1, 0.15) is 0 Å². The highest BCUT2D eigenvalue weighted by atomic mass is 32.1. The van der Waals surface area contributed by atoms with Gasteiger partial charge >= 0.3 is 0 Å². The van der Waals surface area contributed by atoms with Crippen molar-refractivity contribution in [3.05, 3.63) is 71.3 Å². The molecule has 2 N–H and O–H groups in total. The van der Waals surface area contributed by atoms with Gasteiger partial charge < -0.3 is 15.4 Å². The van der Waals surface area contributed by atoms with Gasteiger partial charge in [0.25, 0.3) is 0 Å². The molecule has 5 heteroatoms. The van der Waals surface area contributed by atoms with Crippen molar-refractivity contribution in [1.82, 2.24) is 15.5 Å². The van der Waals surface area contributed by atoms with Crippen LogP contribution in [0.3, 0.4) is 0 Å². The Kier molecular flexibility index (Phi) is 7.43. The van der Waals surface area contributed by atoms with Crippen molar-refractivity contribution in [1.29, 1.82) is 0 Å². The van der Waals surface area contributed by atoms with Crippen LogP contribution < -0.4 is 10.6 Å². The average Bonchev–Trinajstić information content (AvgIpc) is 2.69. The van der Waals surface area contributed by atoms with E-state index in [1.807, 2.05) is 6.07 Å². The Balaban J connectivity index is 1.35. The summed E-state index contributed by atoms with van der Waals surface area (Å²) in [4.78, 5) is 2.43. The molecule has 0 atom stereocenters. The molecule has 1 heterocycles. The smallest absolute Gasteiger partial charge is 0.166 e. The maximum absolute atomic E-state index is 5.40. The molecule has 3 rings (SSSR count). The van der Waals surface area contributed by atoms with E-state index in [-0.39, 0.29) is 0 Å². The Bertz CT molecular complexity index is 669. The first-order valence-electron chi connectivity index (χ1n) is 9.23. The Morgan fingerprint density at radius 2 is 1.58 bits per heavy atom. The van der Waals surface area contributed by atoms with E-state index in [0.29, 0.717) is 5.11 Å². The second-order valence-electron chi connectivity index (χ2n) is 6.55. The van der Waals surface area contributed by atoms with Gasteiger partial charge in [0, 0.05) is 32.7 Å². The monoisotopic (exact) mass is 369 g/mol. The van der Waals surface area contributed by atoms with Gasteiger partial charge in [0.15, 0.2) is 5.11 Å². The number of morpholine rings is 1. The number of nitrogens with zero attached hydrogens (tertiary/aromatic N) is 1. The third kappa shape index (κ3) is 6.41. The van der Waals surface area contributed by atoms with Gasteiger partial charge in [0.05, 0.1) is 13.2 Å². The van der Waals surface area contributed by atoms with Gasteiger partial charge in [-0.1, -0.05) is 54.6 Å². The molecule has 1 aliphatic heterocycles. The molecule has 0 saturated carbocycles. The van der Waals surface area contributed by atoms with Gasteiger partial charge in [-0.05, 0) is 35.3 Å². The SMILES string of the molecule is S=C(NCCc1ccccc1)NCc1ccc(CN2CCOCC2)cc1. The summed E-state index contributed by atoms with van der Waals surface area (Å²) >= 11 is 5.36. The van der Waals surface area contributed by atoms with Crippen LogP contribution in [0.25, 0.3) is 0 Å². The second-order valence-corrected chi connectivity index (χ2v) is 6.96. The second kappa shape index (κ2) is 10.3. The first-order chi connectivity index (χ1) is 12.8. The molecule has 4 nitrogen and oxygen atoms in total. The fourth-order valence-corrected chi connectivity index (χ4v) is 3.16. The Morgan fingerprint density at radius 3 is 2.31 bits per heavy atom. The maximum atomic E-state index is 5.40. The van der Waals surface area contributed by atoms with Crippen molar-refractivity contribution in [3.63, 3.8) is 0 Å². The summed E-state index contributed by atoms with van der Waals surface area (Å²) in [5.41, 5.74) is 3.90. The van der Waals surface area contributed by atoms with Crippen LogP contribution in [0.5, 0.6) is 0 Å². The molecule has 0 bridgehead atoms. The molecule has 0 spiro atoms. The number of hydrogen-bond acceptors (Lipinski definition) is 3. The van der Waals surface area contributed by atoms with Crippen LogP contribution in [-0.2, 0) is 24.2 Å². The lowest BCUT2D eigenvalue weighted by Gasteiger charge is -2.26. The van der Waals surface area contributed by atoms with Gasteiger partial charge in [-0.25, -0.2) is 0 Å². The molecule has 0 radical (unpaired) electrons. The van der Waals surface area contributed by atoms with Crippen LogP contribution in [0, 0.1) is 0 Å². The minimum absolute atomic E-state index is 0.707. The molecule has 1 aliphatic rings. The van der Waals surface area contributed by atoms with Crippen LogP contribution in [0.4, 0.5) is 0 Å². The summed E-state index contributed by atoms with van der Waals surface area (Å²) in [7, 11) is 0. The Hall–Kier alpha value is -1.95. The fourth-order valence-electron chi connectivity index (χ4n) is 2.99. The van der Waals surface area contributed by atoms with E-state index in [4.69, 9.17) is 17.0 Å². The van der Waals surface area contributed by atoms with Crippen molar-refractivity contribution in [2.45, 2.75) is 19.5 Å². The molecule has 0 aliphatic carbocycles. The van der Waals surface area contributed by atoms with Crippen molar-refractivity contribution in [2.24, 2.45) is 0 Å². The number of thiocarbonyl (C=S) groups is 1. The summed E-state index contributed by atoms with van der Waals surface area (Å²) in [6, 6.07) is 19.2. The van der Waals surface area contributed by atoms with E-state index in [1.165, 1.54) is 16.7 Å². The van der Waals surface area contributed by atoms with Crippen molar-refractivity contribution in [3.8, 4) is 0 Å². The lowest BCUT2D eigenvalue weighted by Crippen LogP contribution is -2.36. The van der Waals surface area contributed by atoms with Gasteiger partial charge in [0.2, 0.25) is 0 Å². The number of nitrogens with one attached hydrogen (secondary N) is 2. The van der Waals surface area contributed by atoms with Crippen LogP contribution >= 0.6 is 12.2 Å². The molecule has 1 saturated heterocycles. The maximum Gasteiger partial charge on any atom is 0.166 e. The average molecular weight is 370 g/mol. The molecular weight excluding hydrogens is 342 g/mol. The van der Waals surface area contributed by atoms with Crippen molar-refractivity contribution >= 4 is 17.3 Å². The fraction of sp³-hybridized carbons (Fsp3) is 0.381. The Morgan fingerprint density at radius 1 is 0.885 bits per heavy atom. The van der Waals surface area contributed by atoms with Gasteiger partial charge in [-0.2, -0.15) is 0 Å². The molecule has 138 valence electrons. The zero-order chi connectivity index (χ0) is 18.0. The molecule has 0 aromatic heterocycles. The summed E-state index contributed by atoms with van der Waals surface area (Å²) in [6.45, 7) is 6.31. The molecule has 1 fully saturated rings. The van der Waals surface area contributed by atoms with E-state index in [9.17, 15) is 0 Å². The van der Waals surface area contributed by atoms with Crippen molar-refractivity contribution in [2.75, 3.05) is 32.8 Å². The van der Waals surface area contributed by atoms with Gasteiger partial charge in [-0.3, -0.25) is 4.90 Å². The number of hydrogen-bond donors (Lipinski definition) is 2.